The van der Waals surface area contributed by atoms with E-state index in [0.717, 1.165) is 0 Å². The van der Waals surface area contributed by atoms with Crippen LogP contribution in [-0.2, 0) is 4.79 Å². The van der Waals surface area contributed by atoms with Gasteiger partial charge in [-0.05, 0) is 12.0 Å². The van der Waals surface area contributed by atoms with Gasteiger partial charge < -0.3 is 23.0 Å². The molecule has 0 heterocycles. The molecular weight excluding hydrogens is 383 g/mol. The Hall–Kier alpha value is -1.65. The van der Waals surface area contributed by atoms with Crippen LogP contribution in [0.3, 0.4) is 0 Å². The third-order valence-electron chi connectivity index (χ3n) is 1.11. The van der Waals surface area contributed by atoms with Crippen LogP contribution in [-0.4, -0.2) is 28.4 Å². The van der Waals surface area contributed by atoms with Crippen LogP contribution < -0.4 is 11.2 Å². The van der Waals surface area contributed by atoms with Crippen LogP contribution in [0, 0.1) is 6.92 Å². The van der Waals surface area contributed by atoms with Gasteiger partial charge in [-0.1, -0.05) is 0 Å². The van der Waals surface area contributed by atoms with Crippen molar-refractivity contribution in [3.05, 3.63) is 6.92 Å². The van der Waals surface area contributed by atoms with Crippen LogP contribution in [0.5, 0.6) is 0 Å². The number of nitrogens with one attached hydrogen (secondary N) is 1. The van der Waals surface area contributed by atoms with Gasteiger partial charge in [0.15, 0.2) is 0 Å². The summed E-state index contributed by atoms with van der Waals surface area (Å²) in [6.45, 7) is 3.35. The summed E-state index contributed by atoms with van der Waals surface area (Å²) in [5.41, 5.74) is 5.47. The second kappa shape index (κ2) is 4.21. The van der Waals surface area contributed by atoms with Gasteiger partial charge in [-0.2, -0.15) is 0 Å². The number of hydroxylamine groups is 1. The molecule has 68 valence electrons. The summed E-state index contributed by atoms with van der Waals surface area (Å²) in [7, 11) is 0. The monoisotopic (exact) mass is 390 g/mol. The van der Waals surface area contributed by atoms with E-state index in [4.69, 9.17) is 16.0 Å². The number of aliphatic carboxylic acids is 1. The Morgan fingerprint density at radius 2 is 2.18 bits per heavy atom. The van der Waals surface area contributed by atoms with E-state index in [-0.39, 0.29) is 13.0 Å². The van der Waals surface area contributed by atoms with Gasteiger partial charge in [-0.25, -0.2) is 5.48 Å². The molecule has 0 spiro atoms. The number of rotatable bonds is 4. The Morgan fingerprint density at radius 3 is 2.45 bits per heavy atom. The minimum Gasteiger partial charge on any atom is -0.482 e. The molecule has 0 aromatic heterocycles. The fourth-order valence-corrected chi connectivity index (χ4v) is 0.386. The smallest absolute Gasteiger partial charge is 0.292 e. The minimum atomic E-state index is -1.50. The van der Waals surface area contributed by atoms with Gasteiger partial charge in [0.25, 0.3) is 5.97 Å². The number of hydrogen-bond donors (Lipinski definition) is 4. The summed E-state index contributed by atoms with van der Waals surface area (Å²) in [6, 6.07) is 0. The fourth-order valence-electron chi connectivity index (χ4n) is 0.386. The van der Waals surface area contributed by atoms with Crippen molar-refractivity contribution in [1.29, 1.82) is 0 Å². The van der Waals surface area contributed by atoms with Crippen LogP contribution in [0.25, 0.3) is 0 Å². The van der Waals surface area contributed by atoms with E-state index in [1.165, 1.54) is 0 Å². The fraction of sp³-hybridized carbons (Fsp3) is 0.600. The summed E-state index contributed by atoms with van der Waals surface area (Å²) in [4.78, 5) is 10.2. The van der Waals surface area contributed by atoms with Crippen molar-refractivity contribution in [2.45, 2.75) is 12.0 Å². The van der Waals surface area contributed by atoms with E-state index in [1.807, 2.05) is 0 Å². The maximum Gasteiger partial charge on any atom is 0.292 e. The molecule has 0 aromatic rings. The van der Waals surface area contributed by atoms with Crippen molar-refractivity contribution in [3.63, 3.8) is 0 Å². The largest absolute Gasteiger partial charge is 0.482 e. The molecule has 0 fully saturated rings. The minimum absolute atomic E-state index is 0. The van der Waals surface area contributed by atoms with Crippen LogP contribution >= 0.6 is 0 Å². The molecule has 0 aliphatic carbocycles. The van der Waals surface area contributed by atoms with E-state index < -0.39 is 11.5 Å². The van der Waals surface area contributed by atoms with Crippen molar-refractivity contribution in [2.24, 2.45) is 5.73 Å². The average molecular weight is 394 g/mol. The Kier molecular flexibility index (Phi) is 4.62. The first-order valence-corrected chi connectivity index (χ1v) is 2.75. The first-order valence-electron chi connectivity index (χ1n) is 2.75. The second-order valence-corrected chi connectivity index (χ2v) is 2.12. The Balaban J connectivity index is 0. The summed E-state index contributed by atoms with van der Waals surface area (Å²) < 4.78 is 0. The standard InChI is InChI=1S/C5H11N2O3.Cm/c1-5(6,4(8)9)2-3-7-10;/h7,10H,1-3,6H2,(H,8,9);/q-1;. The van der Waals surface area contributed by atoms with E-state index in [2.05, 4.69) is 6.92 Å². The van der Waals surface area contributed by atoms with Gasteiger partial charge in [0.2, 0.25) is 0 Å². The van der Waals surface area contributed by atoms with Crippen molar-refractivity contribution in [3.8, 4) is 0 Å². The number of hydrogen-bond acceptors (Lipinski definition) is 4. The molecule has 5 nitrogen and oxygen atoms in total. The van der Waals surface area contributed by atoms with Crippen LogP contribution in [0.2, 0.25) is 0 Å². The Bertz CT molecular complexity index is 129. The Morgan fingerprint density at radius 1 is 1.73 bits per heavy atom. The molecule has 0 aromatic carbocycles. The zero-order chi connectivity index (χ0) is 8.20. The molecule has 0 rings (SSSR count). The average Bonchev–Trinajstić information content (AvgIpc) is 1.84. The summed E-state index contributed by atoms with van der Waals surface area (Å²) in [5, 5.41) is 16.5. The van der Waals surface area contributed by atoms with Crippen molar-refractivity contribution < 1.29 is 15.1 Å². The van der Waals surface area contributed by atoms with Crippen molar-refractivity contribution >= 4 is 5.97 Å². The molecule has 6 heteroatoms. The number of nitrogens with two attached hydrogens (primary N) is 1. The van der Waals surface area contributed by atoms with Gasteiger partial charge >= 0.3 is 0 Å². The number of carboxylic acids is 1. The maximum atomic E-state index is 10.2. The first kappa shape index (κ1) is 12.1. The summed E-state index contributed by atoms with van der Waals surface area (Å²) >= 11 is 0. The zero-order valence-corrected chi connectivity index (χ0v) is 8.80. The molecule has 0 radical (unpaired) electrons. The van der Waals surface area contributed by atoms with Gasteiger partial charge in [-0.3, -0.25) is 4.79 Å². The molecule has 0 aliphatic rings. The molecule has 5 N–H and O–H groups in total. The predicted molar refractivity (Wildman–Crippen MR) is 34.3 cm³/mol. The van der Waals surface area contributed by atoms with E-state index >= 15 is 0 Å². The molecule has 1 atom stereocenters. The van der Waals surface area contributed by atoms with Crippen molar-refractivity contribution in [1.82, 2.24) is 5.48 Å². The predicted octanol–water partition coefficient (Wildman–Crippen LogP) is -1.03. The van der Waals surface area contributed by atoms with Gasteiger partial charge in [0, 0.05) is 6.54 Å². The molecule has 0 bridgehead atoms. The quantitative estimate of drug-likeness (QED) is 0.362. The van der Waals surface area contributed by atoms with Gasteiger partial charge in [-0.15, -0.1) is 0 Å². The van der Waals surface area contributed by atoms with E-state index in [9.17, 15) is 4.79 Å². The zero-order valence-electron chi connectivity index (χ0n) is 5.85. The third-order valence-corrected chi connectivity index (χ3v) is 1.11. The Labute approximate surface area is 58.8 Å². The normalized spacial score (nSPS) is 14.8. The summed E-state index contributed by atoms with van der Waals surface area (Å²) in [6.07, 6.45) is 0.0822. The summed E-state index contributed by atoms with van der Waals surface area (Å²) in [5.74, 6) is -1.18. The molecule has 0 aliphatic heterocycles. The second-order valence-electron chi connectivity index (χ2n) is 2.12. The molecule has 0 saturated heterocycles. The molecular formula is C5H11CmN2O3-. The molecule has 11 heavy (non-hydrogen) atoms. The van der Waals surface area contributed by atoms with E-state index in [0.29, 0.717) is 0 Å². The third kappa shape index (κ3) is 3.85. The SMILES string of the molecule is [CH2-]C(N)(CCNO)C(=O)O.[Cm]. The number of carbonyl (C=O) groups is 1. The number of carboxylic acid groups (broad SMARTS) is 1. The van der Waals surface area contributed by atoms with Gasteiger partial charge in [0.05, 0.1) is 0 Å². The topological polar surface area (TPSA) is 95.6 Å². The van der Waals surface area contributed by atoms with Gasteiger partial charge in [0.1, 0.15) is 0 Å². The molecule has 1 unspecified atom stereocenters. The van der Waals surface area contributed by atoms with Crippen molar-refractivity contribution in [2.75, 3.05) is 6.54 Å². The van der Waals surface area contributed by atoms with Crippen LogP contribution in [0.4, 0.5) is 0 Å². The molecule has 0 amide bonds. The van der Waals surface area contributed by atoms with Crippen LogP contribution in [0.15, 0.2) is 0 Å². The first-order chi connectivity index (χ1) is 4.50. The van der Waals surface area contributed by atoms with E-state index in [1.54, 1.807) is 5.48 Å². The molecule has 0 saturated carbocycles. The maximum absolute atomic E-state index is 10.2. The van der Waals surface area contributed by atoms with Crippen LogP contribution in [0.1, 0.15) is 6.42 Å².